The molecule has 0 aliphatic heterocycles. The summed E-state index contributed by atoms with van der Waals surface area (Å²) < 4.78 is 7.60. The molecule has 2 aromatic heterocycles. The van der Waals surface area contributed by atoms with Crippen LogP contribution in [0.1, 0.15) is 25.6 Å². The van der Waals surface area contributed by atoms with E-state index in [4.69, 9.17) is 10.5 Å². The molecule has 0 unspecified atom stereocenters. The molecule has 0 radical (unpaired) electrons. The summed E-state index contributed by atoms with van der Waals surface area (Å²) >= 11 is 0. The fourth-order valence-electron chi connectivity index (χ4n) is 2.98. The molecule has 0 spiro atoms. The zero-order valence-electron chi connectivity index (χ0n) is 13.1. The molecule has 1 saturated carbocycles. The van der Waals surface area contributed by atoms with Gasteiger partial charge in [-0.15, -0.1) is 0 Å². The molecule has 1 aromatic carbocycles. The van der Waals surface area contributed by atoms with E-state index in [9.17, 15) is 5.11 Å². The molecule has 3 N–H and O–H groups in total. The van der Waals surface area contributed by atoms with Crippen LogP contribution in [0.3, 0.4) is 0 Å². The van der Waals surface area contributed by atoms with Crippen molar-refractivity contribution < 1.29 is 9.84 Å². The molecule has 1 fully saturated rings. The zero-order valence-corrected chi connectivity index (χ0v) is 13.1. The molecule has 120 valence electrons. The van der Waals surface area contributed by atoms with Gasteiger partial charge < -0.3 is 20.1 Å². The van der Waals surface area contributed by atoms with Crippen LogP contribution < -0.4 is 5.73 Å². The summed E-state index contributed by atoms with van der Waals surface area (Å²) in [7, 11) is 0. The molecule has 0 saturated heterocycles. The number of rotatable bonds is 5. The van der Waals surface area contributed by atoms with Crippen molar-refractivity contribution >= 4 is 27.8 Å². The van der Waals surface area contributed by atoms with Crippen LogP contribution >= 0.6 is 0 Å². The van der Waals surface area contributed by atoms with Gasteiger partial charge in [-0.1, -0.05) is 18.2 Å². The molecule has 4 rings (SSSR count). The maximum atomic E-state index is 10.4. The van der Waals surface area contributed by atoms with Gasteiger partial charge in [-0.05, 0) is 25.8 Å². The number of nitrogen functional groups attached to an aromatic ring is 1. The van der Waals surface area contributed by atoms with Crippen molar-refractivity contribution in [3.63, 3.8) is 0 Å². The lowest BCUT2D eigenvalue weighted by atomic mass is 10.2. The molecule has 0 atom stereocenters. The maximum absolute atomic E-state index is 10.4. The van der Waals surface area contributed by atoms with E-state index in [0.29, 0.717) is 31.1 Å². The molecule has 0 bridgehead atoms. The lowest BCUT2D eigenvalue weighted by Crippen LogP contribution is -2.19. The van der Waals surface area contributed by atoms with Crippen molar-refractivity contribution in [3.8, 4) is 0 Å². The van der Waals surface area contributed by atoms with Gasteiger partial charge in [-0.2, -0.15) is 0 Å². The molecule has 0 amide bonds. The number of anilines is 1. The summed E-state index contributed by atoms with van der Waals surface area (Å²) in [6, 6.07) is 7.88. The van der Waals surface area contributed by atoms with Crippen molar-refractivity contribution in [1.82, 2.24) is 14.5 Å². The van der Waals surface area contributed by atoms with Gasteiger partial charge in [0.05, 0.1) is 23.2 Å². The van der Waals surface area contributed by atoms with Crippen molar-refractivity contribution in [2.45, 2.75) is 38.5 Å². The molecular formula is C17H20N4O2. The van der Waals surface area contributed by atoms with Crippen LogP contribution in [-0.4, -0.2) is 31.8 Å². The highest BCUT2D eigenvalue weighted by Crippen LogP contribution is 2.39. The maximum Gasteiger partial charge on any atom is 0.152 e. The number of imidazole rings is 1. The van der Waals surface area contributed by atoms with Crippen molar-refractivity contribution in [2.75, 3.05) is 12.3 Å². The Kier molecular flexibility index (Phi) is 3.25. The minimum atomic E-state index is -0.631. The van der Waals surface area contributed by atoms with Crippen LogP contribution in [0, 0.1) is 0 Å². The van der Waals surface area contributed by atoms with Gasteiger partial charge in [0.2, 0.25) is 0 Å². The minimum absolute atomic E-state index is 0.398. The molecule has 23 heavy (non-hydrogen) atoms. The molecule has 6 heteroatoms. The highest BCUT2D eigenvalue weighted by molar-refractivity contribution is 6.06. The summed E-state index contributed by atoms with van der Waals surface area (Å²) in [5, 5.41) is 11.4. The number of hydrogen-bond donors (Lipinski definition) is 2. The Morgan fingerprint density at radius 1 is 1.30 bits per heavy atom. The number of fused-ring (bicyclic) bond motifs is 3. The Balaban J connectivity index is 1.99. The largest absolute Gasteiger partial charge is 0.388 e. The van der Waals surface area contributed by atoms with Crippen LogP contribution in [0.15, 0.2) is 24.3 Å². The SMILES string of the molecule is CCOCc1nc2c(N)nc3ccccc3c2n1CC1(O)CC1. The molecular weight excluding hydrogens is 292 g/mol. The van der Waals surface area contributed by atoms with Gasteiger partial charge in [-0.25, -0.2) is 9.97 Å². The second kappa shape index (κ2) is 5.18. The normalized spacial score (nSPS) is 16.3. The van der Waals surface area contributed by atoms with E-state index < -0.39 is 5.60 Å². The number of nitrogens with two attached hydrogens (primary N) is 1. The van der Waals surface area contributed by atoms with Crippen LogP contribution in [0.25, 0.3) is 21.9 Å². The Hall–Kier alpha value is -2.18. The number of nitrogens with zero attached hydrogens (tertiary/aromatic N) is 3. The number of hydrogen-bond acceptors (Lipinski definition) is 5. The van der Waals surface area contributed by atoms with Crippen LogP contribution in [0.2, 0.25) is 0 Å². The van der Waals surface area contributed by atoms with Gasteiger partial charge in [0.25, 0.3) is 0 Å². The lowest BCUT2D eigenvalue weighted by molar-refractivity contribution is 0.110. The first-order valence-electron chi connectivity index (χ1n) is 7.95. The third kappa shape index (κ3) is 2.44. The standard InChI is InChI=1S/C17H20N4O2/c1-2-23-9-13-20-14-15(21(13)10-17(22)7-8-17)11-5-3-4-6-12(11)19-16(14)18/h3-6,22H,2,7-10H2,1H3,(H2,18,19). The number of ether oxygens (including phenoxy) is 1. The smallest absolute Gasteiger partial charge is 0.152 e. The first-order chi connectivity index (χ1) is 11.1. The van der Waals surface area contributed by atoms with E-state index in [1.165, 1.54) is 0 Å². The van der Waals surface area contributed by atoms with Gasteiger partial charge in [-0.3, -0.25) is 0 Å². The number of para-hydroxylation sites is 1. The second-order valence-corrected chi connectivity index (χ2v) is 6.19. The summed E-state index contributed by atoms with van der Waals surface area (Å²) in [4.78, 5) is 9.10. The van der Waals surface area contributed by atoms with Crippen molar-refractivity contribution in [3.05, 3.63) is 30.1 Å². The first kappa shape index (κ1) is 14.4. The van der Waals surface area contributed by atoms with Gasteiger partial charge in [0.1, 0.15) is 17.9 Å². The quantitative estimate of drug-likeness (QED) is 0.754. The van der Waals surface area contributed by atoms with E-state index >= 15 is 0 Å². The summed E-state index contributed by atoms with van der Waals surface area (Å²) in [5.74, 6) is 1.20. The van der Waals surface area contributed by atoms with Gasteiger partial charge >= 0.3 is 0 Å². The fourth-order valence-corrected chi connectivity index (χ4v) is 2.98. The Morgan fingerprint density at radius 2 is 2.09 bits per heavy atom. The third-order valence-electron chi connectivity index (χ3n) is 4.40. The lowest BCUT2D eigenvalue weighted by Gasteiger charge is -2.14. The molecule has 1 aliphatic rings. The van der Waals surface area contributed by atoms with Crippen LogP contribution in [-0.2, 0) is 17.9 Å². The minimum Gasteiger partial charge on any atom is -0.388 e. The average Bonchev–Trinajstić information content (AvgIpc) is 3.16. The molecule has 1 aliphatic carbocycles. The predicted molar refractivity (Wildman–Crippen MR) is 89.0 cm³/mol. The van der Waals surface area contributed by atoms with Crippen LogP contribution in [0.4, 0.5) is 5.82 Å². The summed E-state index contributed by atoms with van der Waals surface area (Å²) in [6.45, 7) is 3.48. The van der Waals surface area contributed by atoms with E-state index in [1.54, 1.807) is 0 Å². The first-order valence-corrected chi connectivity index (χ1v) is 7.95. The zero-order chi connectivity index (χ0) is 16.0. The number of pyridine rings is 1. The van der Waals surface area contributed by atoms with Crippen molar-refractivity contribution in [2.24, 2.45) is 0 Å². The van der Waals surface area contributed by atoms with E-state index in [0.717, 1.165) is 35.1 Å². The van der Waals surface area contributed by atoms with E-state index in [-0.39, 0.29) is 0 Å². The van der Waals surface area contributed by atoms with Crippen molar-refractivity contribution in [1.29, 1.82) is 0 Å². The highest BCUT2D eigenvalue weighted by Gasteiger charge is 2.41. The van der Waals surface area contributed by atoms with E-state index in [2.05, 4.69) is 14.5 Å². The predicted octanol–water partition coefficient (Wildman–Crippen LogP) is 2.23. The monoisotopic (exact) mass is 312 g/mol. The highest BCUT2D eigenvalue weighted by atomic mass is 16.5. The number of aromatic nitrogens is 3. The Bertz CT molecular complexity index is 883. The fraction of sp³-hybridized carbons (Fsp3) is 0.412. The van der Waals surface area contributed by atoms with E-state index in [1.807, 2.05) is 31.2 Å². The topological polar surface area (TPSA) is 86.2 Å². The third-order valence-corrected chi connectivity index (χ3v) is 4.40. The summed E-state index contributed by atoms with van der Waals surface area (Å²) in [6.07, 6.45) is 1.64. The second-order valence-electron chi connectivity index (χ2n) is 6.19. The Labute approximate surface area is 133 Å². The number of benzene rings is 1. The number of aliphatic hydroxyl groups is 1. The van der Waals surface area contributed by atoms with Gasteiger partial charge in [0.15, 0.2) is 5.82 Å². The molecule has 3 aromatic rings. The average molecular weight is 312 g/mol. The Morgan fingerprint density at radius 3 is 2.83 bits per heavy atom. The van der Waals surface area contributed by atoms with Crippen LogP contribution in [0.5, 0.6) is 0 Å². The molecule has 2 heterocycles. The van der Waals surface area contributed by atoms with Gasteiger partial charge in [0, 0.05) is 12.0 Å². The summed E-state index contributed by atoms with van der Waals surface area (Å²) in [5.41, 5.74) is 7.94. The molecule has 6 nitrogen and oxygen atoms in total.